The number of aryl methyl sites for hydroxylation is 1. The summed E-state index contributed by atoms with van der Waals surface area (Å²) in [6.45, 7) is 2.87. The third-order valence-corrected chi connectivity index (χ3v) is 2.49. The lowest BCUT2D eigenvalue weighted by Gasteiger charge is -2.07. The van der Waals surface area contributed by atoms with E-state index in [0.717, 1.165) is 6.54 Å². The van der Waals surface area contributed by atoms with Crippen LogP contribution in [0.1, 0.15) is 23.5 Å². The fourth-order valence-electron chi connectivity index (χ4n) is 1.76. The van der Waals surface area contributed by atoms with Gasteiger partial charge in [0.2, 0.25) is 5.91 Å². The number of benzene rings is 1. The Morgan fingerprint density at radius 3 is 2.92 bits per heavy atom. The van der Waals surface area contributed by atoms with E-state index < -0.39 is 0 Å². The van der Waals surface area contributed by atoms with E-state index in [1.807, 2.05) is 6.07 Å². The molecule has 1 heterocycles. The number of hydrogen-bond acceptors (Lipinski definition) is 1. The van der Waals surface area contributed by atoms with Crippen molar-refractivity contribution in [2.24, 2.45) is 0 Å². The minimum absolute atomic E-state index is 0.173. The van der Waals surface area contributed by atoms with Crippen LogP contribution < -0.4 is 5.32 Å². The van der Waals surface area contributed by atoms with E-state index in [2.05, 4.69) is 30.4 Å². The van der Waals surface area contributed by atoms with E-state index >= 15 is 0 Å². The Kier molecular flexibility index (Phi) is 2.05. The molecule has 0 saturated carbocycles. The number of carbonyl (C=O) groups is 1. The molecule has 1 fully saturated rings. The van der Waals surface area contributed by atoms with Crippen LogP contribution in [0.4, 0.5) is 0 Å². The number of amides is 1. The van der Waals surface area contributed by atoms with Crippen molar-refractivity contribution < 1.29 is 4.79 Å². The average Bonchev–Trinajstić information content (AvgIpc) is 2.52. The zero-order valence-corrected chi connectivity index (χ0v) is 7.71. The van der Waals surface area contributed by atoms with Crippen LogP contribution in [-0.4, -0.2) is 12.5 Å². The van der Waals surface area contributed by atoms with Gasteiger partial charge >= 0.3 is 0 Å². The first kappa shape index (κ1) is 8.30. The monoisotopic (exact) mass is 175 g/mol. The molecule has 2 heteroatoms. The largest absolute Gasteiger partial charge is 0.355 e. The number of rotatable bonds is 1. The highest BCUT2D eigenvalue weighted by molar-refractivity contribution is 5.79. The molecule has 1 amide bonds. The van der Waals surface area contributed by atoms with E-state index in [0.29, 0.717) is 12.3 Å². The number of hydrogen-bond donors (Lipinski definition) is 1. The second-order valence-corrected chi connectivity index (χ2v) is 3.62. The van der Waals surface area contributed by atoms with Crippen molar-refractivity contribution in [1.82, 2.24) is 5.32 Å². The Morgan fingerprint density at radius 1 is 1.46 bits per heavy atom. The van der Waals surface area contributed by atoms with Gasteiger partial charge in [0.25, 0.3) is 0 Å². The van der Waals surface area contributed by atoms with Crippen LogP contribution in [0.2, 0.25) is 0 Å². The van der Waals surface area contributed by atoms with E-state index in [1.54, 1.807) is 0 Å². The first-order chi connectivity index (χ1) is 6.25. The molecule has 0 bridgehead atoms. The highest BCUT2D eigenvalue weighted by Crippen LogP contribution is 2.23. The molecular formula is C11H13NO. The Labute approximate surface area is 78.0 Å². The van der Waals surface area contributed by atoms with Crippen molar-refractivity contribution >= 4 is 5.91 Å². The Balaban J connectivity index is 2.21. The molecule has 1 aliphatic heterocycles. The van der Waals surface area contributed by atoms with Gasteiger partial charge in [0.15, 0.2) is 0 Å². The Morgan fingerprint density at radius 2 is 2.31 bits per heavy atom. The maximum Gasteiger partial charge on any atom is 0.220 e. The molecule has 0 spiro atoms. The summed E-state index contributed by atoms with van der Waals surface area (Å²) in [6, 6.07) is 8.38. The van der Waals surface area contributed by atoms with Crippen molar-refractivity contribution in [2.75, 3.05) is 6.54 Å². The molecule has 2 nitrogen and oxygen atoms in total. The summed E-state index contributed by atoms with van der Waals surface area (Å²) in [6.07, 6.45) is 0.642. The fraction of sp³-hybridized carbons (Fsp3) is 0.364. The molecule has 2 rings (SSSR count). The molecule has 0 aromatic heterocycles. The standard InChI is InChI=1S/C11H13NO/c1-8-3-2-4-9(5-8)10-6-11(13)12-7-10/h2-5,10H,6-7H2,1H3,(H,12,13)/t10-/m0/s1. The predicted molar refractivity (Wildman–Crippen MR) is 51.5 cm³/mol. The first-order valence-electron chi connectivity index (χ1n) is 4.59. The minimum Gasteiger partial charge on any atom is -0.355 e. The summed E-state index contributed by atoms with van der Waals surface area (Å²) in [5.74, 6) is 0.555. The van der Waals surface area contributed by atoms with E-state index in [9.17, 15) is 4.79 Å². The van der Waals surface area contributed by atoms with Crippen LogP contribution in [0, 0.1) is 6.92 Å². The van der Waals surface area contributed by atoms with E-state index in [4.69, 9.17) is 0 Å². The van der Waals surface area contributed by atoms with Crippen molar-refractivity contribution in [1.29, 1.82) is 0 Å². The summed E-state index contributed by atoms with van der Waals surface area (Å²) < 4.78 is 0. The zero-order chi connectivity index (χ0) is 9.26. The summed E-state index contributed by atoms with van der Waals surface area (Å²) in [5, 5.41) is 2.85. The van der Waals surface area contributed by atoms with Crippen molar-refractivity contribution in [2.45, 2.75) is 19.3 Å². The van der Waals surface area contributed by atoms with Crippen LogP contribution in [0.3, 0.4) is 0 Å². The third kappa shape index (κ3) is 1.72. The molecule has 1 aromatic carbocycles. The summed E-state index contributed by atoms with van der Waals surface area (Å²) in [7, 11) is 0. The van der Waals surface area contributed by atoms with Gasteiger partial charge in [-0.3, -0.25) is 4.79 Å². The lowest BCUT2D eigenvalue weighted by Crippen LogP contribution is -2.13. The SMILES string of the molecule is Cc1cccc([C@@H]2CNC(=O)C2)c1. The normalized spacial score (nSPS) is 21.6. The zero-order valence-electron chi connectivity index (χ0n) is 7.71. The van der Waals surface area contributed by atoms with Crippen molar-refractivity contribution in [3.63, 3.8) is 0 Å². The number of nitrogens with one attached hydrogen (secondary N) is 1. The molecular weight excluding hydrogens is 162 g/mol. The molecule has 0 radical (unpaired) electrons. The Hall–Kier alpha value is -1.31. The predicted octanol–water partition coefficient (Wildman–Crippen LogP) is 1.60. The van der Waals surface area contributed by atoms with Gasteiger partial charge in [-0.2, -0.15) is 0 Å². The van der Waals surface area contributed by atoms with Gasteiger partial charge in [-0.05, 0) is 12.5 Å². The smallest absolute Gasteiger partial charge is 0.220 e. The van der Waals surface area contributed by atoms with Gasteiger partial charge in [-0.1, -0.05) is 29.8 Å². The highest BCUT2D eigenvalue weighted by Gasteiger charge is 2.22. The van der Waals surface area contributed by atoms with Gasteiger partial charge in [0.05, 0.1) is 0 Å². The van der Waals surface area contributed by atoms with Gasteiger partial charge < -0.3 is 5.32 Å². The van der Waals surface area contributed by atoms with Gasteiger partial charge in [-0.15, -0.1) is 0 Å². The lowest BCUT2D eigenvalue weighted by molar-refractivity contribution is -0.119. The maximum absolute atomic E-state index is 11.0. The third-order valence-electron chi connectivity index (χ3n) is 2.49. The highest BCUT2D eigenvalue weighted by atomic mass is 16.1. The lowest BCUT2D eigenvalue weighted by atomic mass is 9.97. The minimum atomic E-state index is 0.173. The van der Waals surface area contributed by atoms with Crippen molar-refractivity contribution in [3.8, 4) is 0 Å². The molecule has 1 saturated heterocycles. The van der Waals surface area contributed by atoms with Gasteiger partial charge in [0, 0.05) is 18.9 Å². The Bertz CT molecular complexity index is 333. The first-order valence-corrected chi connectivity index (χ1v) is 4.59. The molecule has 0 aliphatic carbocycles. The van der Waals surface area contributed by atoms with Gasteiger partial charge in [-0.25, -0.2) is 0 Å². The molecule has 1 atom stereocenters. The topological polar surface area (TPSA) is 29.1 Å². The molecule has 1 aromatic rings. The summed E-state index contributed by atoms with van der Waals surface area (Å²) in [4.78, 5) is 11.0. The van der Waals surface area contributed by atoms with Crippen molar-refractivity contribution in [3.05, 3.63) is 35.4 Å². The molecule has 13 heavy (non-hydrogen) atoms. The molecule has 68 valence electrons. The quantitative estimate of drug-likeness (QED) is 0.690. The van der Waals surface area contributed by atoms with E-state index in [-0.39, 0.29) is 5.91 Å². The van der Waals surface area contributed by atoms with Gasteiger partial charge in [0.1, 0.15) is 0 Å². The van der Waals surface area contributed by atoms with Crippen LogP contribution in [0.25, 0.3) is 0 Å². The van der Waals surface area contributed by atoms with Crippen LogP contribution in [-0.2, 0) is 4.79 Å². The summed E-state index contributed by atoms with van der Waals surface area (Å²) >= 11 is 0. The van der Waals surface area contributed by atoms with E-state index in [1.165, 1.54) is 11.1 Å². The van der Waals surface area contributed by atoms with Crippen LogP contribution >= 0.6 is 0 Å². The average molecular weight is 175 g/mol. The second-order valence-electron chi connectivity index (χ2n) is 3.62. The molecule has 1 aliphatic rings. The summed E-state index contributed by atoms with van der Waals surface area (Å²) in [5.41, 5.74) is 2.54. The second kappa shape index (κ2) is 3.21. The maximum atomic E-state index is 11.0. The number of carbonyl (C=O) groups excluding carboxylic acids is 1. The fourth-order valence-corrected chi connectivity index (χ4v) is 1.76. The van der Waals surface area contributed by atoms with Crippen LogP contribution in [0.15, 0.2) is 24.3 Å². The molecule has 0 unspecified atom stereocenters. The molecule has 1 N–H and O–H groups in total. The van der Waals surface area contributed by atoms with Crippen LogP contribution in [0.5, 0.6) is 0 Å².